The van der Waals surface area contributed by atoms with Crippen molar-refractivity contribution < 1.29 is 14.2 Å². The summed E-state index contributed by atoms with van der Waals surface area (Å²) >= 11 is 5.77. The maximum Gasteiger partial charge on any atom is 0.141 e. The van der Waals surface area contributed by atoms with Crippen LogP contribution in [0.5, 0.6) is 5.75 Å². The normalized spacial score (nSPS) is 19.2. The van der Waals surface area contributed by atoms with Crippen molar-refractivity contribution >= 4 is 11.6 Å². The Hall–Kier alpha value is -0.840. The summed E-state index contributed by atoms with van der Waals surface area (Å²) in [5.41, 5.74) is 6.14. The number of ether oxygens (including phenoxy) is 1. The lowest BCUT2D eigenvalue weighted by Crippen LogP contribution is -2.28. The third-order valence-corrected chi connectivity index (χ3v) is 3.53. The van der Waals surface area contributed by atoms with Crippen molar-refractivity contribution in [1.29, 1.82) is 0 Å². The third-order valence-electron chi connectivity index (χ3n) is 3.22. The van der Waals surface area contributed by atoms with E-state index in [4.69, 9.17) is 22.1 Å². The van der Waals surface area contributed by atoms with Crippen LogP contribution >= 0.6 is 11.6 Å². The molecule has 5 heteroatoms. The van der Waals surface area contributed by atoms with Gasteiger partial charge >= 0.3 is 0 Å². The van der Waals surface area contributed by atoms with Gasteiger partial charge in [0.05, 0.1) is 5.02 Å². The van der Waals surface area contributed by atoms with Crippen LogP contribution in [0.25, 0.3) is 0 Å². The van der Waals surface area contributed by atoms with E-state index >= 15 is 0 Å². The SMILES string of the molecule is N[C@@H](c1c(F)ccc(Cl)c1O)C1CCOCC1. The van der Waals surface area contributed by atoms with Gasteiger partial charge in [-0.05, 0) is 30.9 Å². The quantitative estimate of drug-likeness (QED) is 0.858. The fourth-order valence-electron chi connectivity index (χ4n) is 2.18. The first-order valence-electron chi connectivity index (χ1n) is 5.61. The topological polar surface area (TPSA) is 55.5 Å². The number of hydrogen-bond donors (Lipinski definition) is 2. The number of phenols is 1. The molecular formula is C12H15ClFNO2. The molecule has 0 bridgehead atoms. The standard InChI is InChI=1S/C12H15ClFNO2/c13-8-1-2-9(14)10(12(8)16)11(15)7-3-5-17-6-4-7/h1-2,7,11,16H,3-6,15H2/t11-/m1/s1. The highest BCUT2D eigenvalue weighted by Crippen LogP contribution is 2.38. The van der Waals surface area contributed by atoms with E-state index in [0.29, 0.717) is 13.2 Å². The summed E-state index contributed by atoms with van der Waals surface area (Å²) in [7, 11) is 0. The molecule has 0 aromatic heterocycles. The Kier molecular flexibility index (Phi) is 3.86. The summed E-state index contributed by atoms with van der Waals surface area (Å²) < 4.78 is 18.9. The maximum atomic E-state index is 13.7. The van der Waals surface area contributed by atoms with Crippen LogP contribution in [0, 0.1) is 11.7 Å². The Labute approximate surface area is 104 Å². The Morgan fingerprint density at radius 1 is 1.41 bits per heavy atom. The minimum atomic E-state index is -0.544. The number of rotatable bonds is 2. The molecule has 1 aromatic rings. The smallest absolute Gasteiger partial charge is 0.141 e. The van der Waals surface area contributed by atoms with Crippen molar-refractivity contribution in [1.82, 2.24) is 0 Å². The van der Waals surface area contributed by atoms with E-state index in [2.05, 4.69) is 0 Å². The van der Waals surface area contributed by atoms with Gasteiger partial charge in [-0.1, -0.05) is 11.6 Å². The molecule has 1 aromatic carbocycles. The fraction of sp³-hybridized carbons (Fsp3) is 0.500. The minimum absolute atomic E-state index is 0.114. The lowest BCUT2D eigenvalue weighted by molar-refractivity contribution is 0.0577. The van der Waals surface area contributed by atoms with E-state index in [-0.39, 0.29) is 22.3 Å². The molecule has 3 N–H and O–H groups in total. The monoisotopic (exact) mass is 259 g/mol. The van der Waals surface area contributed by atoms with Crippen molar-refractivity contribution in [3.05, 3.63) is 28.5 Å². The van der Waals surface area contributed by atoms with Crippen LogP contribution in [0.1, 0.15) is 24.4 Å². The van der Waals surface area contributed by atoms with Gasteiger partial charge in [0.1, 0.15) is 11.6 Å². The molecule has 0 aliphatic carbocycles. The summed E-state index contributed by atoms with van der Waals surface area (Å²) in [6.45, 7) is 1.25. The number of hydrogen-bond acceptors (Lipinski definition) is 3. The highest BCUT2D eigenvalue weighted by molar-refractivity contribution is 6.32. The summed E-state index contributed by atoms with van der Waals surface area (Å²) in [4.78, 5) is 0. The molecule has 3 nitrogen and oxygen atoms in total. The van der Waals surface area contributed by atoms with Crippen molar-refractivity contribution in [2.75, 3.05) is 13.2 Å². The van der Waals surface area contributed by atoms with Gasteiger partial charge in [0.25, 0.3) is 0 Å². The van der Waals surface area contributed by atoms with Gasteiger partial charge in [-0.3, -0.25) is 0 Å². The van der Waals surface area contributed by atoms with Crippen molar-refractivity contribution in [3.63, 3.8) is 0 Å². The van der Waals surface area contributed by atoms with Crippen LogP contribution in [-0.2, 0) is 4.74 Å². The molecule has 0 radical (unpaired) electrons. The molecule has 17 heavy (non-hydrogen) atoms. The maximum absolute atomic E-state index is 13.7. The van der Waals surface area contributed by atoms with Crippen LogP contribution < -0.4 is 5.73 Å². The molecule has 0 saturated carbocycles. The number of nitrogens with two attached hydrogens (primary N) is 1. The van der Waals surface area contributed by atoms with Gasteiger partial charge < -0.3 is 15.6 Å². The first-order valence-corrected chi connectivity index (χ1v) is 5.99. The first kappa shape index (κ1) is 12.6. The van der Waals surface area contributed by atoms with Gasteiger partial charge in [-0.25, -0.2) is 4.39 Å². The van der Waals surface area contributed by atoms with E-state index in [9.17, 15) is 9.50 Å². The molecule has 0 amide bonds. The Balaban J connectivity index is 2.29. The van der Waals surface area contributed by atoms with Gasteiger partial charge in [-0.2, -0.15) is 0 Å². The molecule has 2 rings (SSSR count). The zero-order valence-electron chi connectivity index (χ0n) is 9.33. The zero-order valence-corrected chi connectivity index (χ0v) is 10.1. The second kappa shape index (κ2) is 5.21. The molecule has 1 aliphatic heterocycles. The third kappa shape index (κ3) is 2.54. The fourth-order valence-corrected chi connectivity index (χ4v) is 2.35. The Morgan fingerprint density at radius 3 is 2.71 bits per heavy atom. The second-order valence-electron chi connectivity index (χ2n) is 4.27. The number of aromatic hydroxyl groups is 1. The molecule has 1 heterocycles. The summed E-state index contributed by atoms with van der Waals surface area (Å²) in [6.07, 6.45) is 1.54. The van der Waals surface area contributed by atoms with Gasteiger partial charge in [0, 0.05) is 24.8 Å². The molecule has 1 atom stereocenters. The molecule has 0 spiro atoms. The van der Waals surface area contributed by atoms with E-state index in [1.165, 1.54) is 12.1 Å². The lowest BCUT2D eigenvalue weighted by atomic mass is 9.87. The molecule has 1 saturated heterocycles. The van der Waals surface area contributed by atoms with Gasteiger partial charge in [0.2, 0.25) is 0 Å². The summed E-state index contributed by atoms with van der Waals surface area (Å²) in [6, 6.07) is 2.01. The van der Waals surface area contributed by atoms with Crippen molar-refractivity contribution in [2.24, 2.45) is 11.7 Å². The van der Waals surface area contributed by atoms with Gasteiger partial charge in [0.15, 0.2) is 0 Å². The van der Waals surface area contributed by atoms with E-state index in [1.54, 1.807) is 0 Å². The summed E-state index contributed by atoms with van der Waals surface area (Å²) in [5.74, 6) is -0.640. The highest BCUT2D eigenvalue weighted by Gasteiger charge is 2.27. The van der Waals surface area contributed by atoms with E-state index < -0.39 is 11.9 Å². The number of benzene rings is 1. The van der Waals surface area contributed by atoms with Crippen LogP contribution in [0.3, 0.4) is 0 Å². The molecule has 1 fully saturated rings. The predicted octanol–water partition coefficient (Wildman–Crippen LogP) is 2.61. The number of phenolic OH excluding ortho intramolecular Hbond substituents is 1. The first-order chi connectivity index (χ1) is 8.11. The lowest BCUT2D eigenvalue weighted by Gasteiger charge is -2.28. The van der Waals surface area contributed by atoms with Crippen LogP contribution in [-0.4, -0.2) is 18.3 Å². The van der Waals surface area contributed by atoms with E-state index in [0.717, 1.165) is 12.8 Å². The van der Waals surface area contributed by atoms with Crippen molar-refractivity contribution in [3.8, 4) is 5.75 Å². The number of halogens is 2. The zero-order chi connectivity index (χ0) is 12.4. The van der Waals surface area contributed by atoms with Crippen LogP contribution in [0.4, 0.5) is 4.39 Å². The molecule has 0 unspecified atom stereocenters. The second-order valence-corrected chi connectivity index (χ2v) is 4.67. The Morgan fingerprint density at radius 2 is 2.06 bits per heavy atom. The molecule has 1 aliphatic rings. The minimum Gasteiger partial charge on any atom is -0.506 e. The van der Waals surface area contributed by atoms with E-state index in [1.807, 2.05) is 0 Å². The van der Waals surface area contributed by atoms with Crippen molar-refractivity contribution in [2.45, 2.75) is 18.9 Å². The molecule has 94 valence electrons. The van der Waals surface area contributed by atoms with Crippen LogP contribution in [0.2, 0.25) is 5.02 Å². The average Bonchev–Trinajstić information content (AvgIpc) is 2.35. The van der Waals surface area contributed by atoms with Crippen LogP contribution in [0.15, 0.2) is 12.1 Å². The Bertz CT molecular complexity index is 408. The molecular weight excluding hydrogens is 245 g/mol. The van der Waals surface area contributed by atoms with Gasteiger partial charge in [-0.15, -0.1) is 0 Å². The largest absolute Gasteiger partial charge is 0.506 e. The average molecular weight is 260 g/mol. The predicted molar refractivity (Wildman–Crippen MR) is 63.5 cm³/mol. The summed E-state index contributed by atoms with van der Waals surface area (Å²) in [5, 5.41) is 9.92. The highest BCUT2D eigenvalue weighted by atomic mass is 35.5.